The van der Waals surface area contributed by atoms with E-state index in [1.807, 2.05) is 0 Å². The van der Waals surface area contributed by atoms with Crippen LogP contribution in [0, 0.1) is 5.82 Å². The number of aromatic nitrogens is 2. The van der Waals surface area contributed by atoms with Gasteiger partial charge in [0.1, 0.15) is 15.7 Å². The van der Waals surface area contributed by atoms with Gasteiger partial charge in [0, 0.05) is 6.20 Å². The van der Waals surface area contributed by atoms with Gasteiger partial charge in [-0.25, -0.2) is 22.8 Å². The molecule has 2 aromatic heterocycles. The molecule has 0 amide bonds. The SMILES string of the molecule is Nc1ncc(Br)c(-c2ccc(S(=O)(=O)c3ccc(F)cc3)s2)n1. The minimum Gasteiger partial charge on any atom is -0.368 e. The Morgan fingerprint density at radius 1 is 1.13 bits per heavy atom. The standard InChI is InChI=1S/C14H9BrFN3O2S2/c15-10-7-18-14(17)19-13(10)11-5-6-12(22-11)23(20,21)9-3-1-8(16)2-4-9/h1-7H,(H2,17,18,19). The van der Waals surface area contributed by atoms with Gasteiger partial charge in [0.2, 0.25) is 15.8 Å². The lowest BCUT2D eigenvalue weighted by Crippen LogP contribution is -1.99. The summed E-state index contributed by atoms with van der Waals surface area (Å²) in [6.45, 7) is 0. The number of benzene rings is 1. The first-order chi connectivity index (χ1) is 10.9. The maximum absolute atomic E-state index is 13.0. The summed E-state index contributed by atoms with van der Waals surface area (Å²) < 4.78 is 38.8. The molecule has 5 nitrogen and oxygen atoms in total. The number of nitrogen functional groups attached to an aromatic ring is 1. The summed E-state index contributed by atoms with van der Waals surface area (Å²) in [6.07, 6.45) is 1.51. The highest BCUT2D eigenvalue weighted by molar-refractivity contribution is 9.10. The Kier molecular flexibility index (Phi) is 4.17. The summed E-state index contributed by atoms with van der Waals surface area (Å²) in [6, 6.07) is 7.84. The summed E-state index contributed by atoms with van der Waals surface area (Å²) in [5.74, 6) is -0.393. The van der Waals surface area contributed by atoms with Crippen molar-refractivity contribution < 1.29 is 12.8 Å². The van der Waals surface area contributed by atoms with E-state index in [1.165, 1.54) is 24.4 Å². The van der Waals surface area contributed by atoms with Crippen LogP contribution in [0.25, 0.3) is 10.6 Å². The average molecular weight is 414 g/mol. The fourth-order valence-corrected chi connectivity index (χ4v) is 5.12. The molecule has 0 aliphatic carbocycles. The highest BCUT2D eigenvalue weighted by Crippen LogP contribution is 2.36. The Morgan fingerprint density at radius 3 is 2.52 bits per heavy atom. The predicted molar refractivity (Wildman–Crippen MR) is 89.3 cm³/mol. The molecule has 1 aromatic carbocycles. The van der Waals surface area contributed by atoms with Gasteiger partial charge >= 0.3 is 0 Å². The molecule has 0 aliphatic rings. The van der Waals surface area contributed by atoms with Crippen LogP contribution in [0.2, 0.25) is 0 Å². The number of anilines is 1. The molecule has 9 heteroatoms. The number of sulfone groups is 1. The second kappa shape index (κ2) is 5.99. The summed E-state index contributed by atoms with van der Waals surface area (Å²) >= 11 is 4.37. The number of hydrogen-bond acceptors (Lipinski definition) is 6. The van der Waals surface area contributed by atoms with E-state index in [0.29, 0.717) is 15.0 Å². The Hall–Kier alpha value is -1.84. The normalized spacial score (nSPS) is 11.6. The minimum absolute atomic E-state index is 0.0357. The van der Waals surface area contributed by atoms with Crippen molar-refractivity contribution in [2.75, 3.05) is 5.73 Å². The van der Waals surface area contributed by atoms with Gasteiger partial charge < -0.3 is 5.73 Å². The van der Waals surface area contributed by atoms with Gasteiger partial charge in [0.15, 0.2) is 0 Å². The number of nitrogens with zero attached hydrogens (tertiary/aromatic N) is 2. The highest BCUT2D eigenvalue weighted by Gasteiger charge is 2.21. The van der Waals surface area contributed by atoms with Gasteiger partial charge in [0.05, 0.1) is 14.2 Å². The van der Waals surface area contributed by atoms with Crippen molar-refractivity contribution in [1.82, 2.24) is 9.97 Å². The van der Waals surface area contributed by atoms with Crippen molar-refractivity contribution >= 4 is 43.1 Å². The van der Waals surface area contributed by atoms with E-state index >= 15 is 0 Å². The van der Waals surface area contributed by atoms with E-state index in [0.717, 1.165) is 23.5 Å². The first kappa shape index (κ1) is 16.0. The number of nitrogens with two attached hydrogens (primary N) is 1. The topological polar surface area (TPSA) is 85.9 Å². The quantitative estimate of drug-likeness (QED) is 0.663. The van der Waals surface area contributed by atoms with Gasteiger partial charge in [-0.05, 0) is 52.3 Å². The van der Waals surface area contributed by atoms with Gasteiger partial charge in [-0.15, -0.1) is 11.3 Å². The largest absolute Gasteiger partial charge is 0.368 e. The zero-order chi connectivity index (χ0) is 16.6. The van der Waals surface area contributed by atoms with E-state index in [2.05, 4.69) is 25.9 Å². The summed E-state index contributed by atoms with van der Waals surface area (Å²) in [5.41, 5.74) is 6.09. The number of thiophene rings is 1. The van der Waals surface area contributed by atoms with Crippen LogP contribution in [0.5, 0.6) is 0 Å². The molecule has 0 radical (unpaired) electrons. The zero-order valence-corrected chi connectivity index (χ0v) is 14.6. The van der Waals surface area contributed by atoms with Crippen LogP contribution in [0.3, 0.4) is 0 Å². The average Bonchev–Trinajstić information content (AvgIpc) is 3.00. The maximum atomic E-state index is 13.0. The molecule has 2 N–H and O–H groups in total. The van der Waals surface area contributed by atoms with Gasteiger partial charge in [-0.2, -0.15) is 0 Å². The smallest absolute Gasteiger partial charge is 0.220 e. The van der Waals surface area contributed by atoms with Crippen LogP contribution in [0.1, 0.15) is 0 Å². The highest BCUT2D eigenvalue weighted by atomic mass is 79.9. The van der Waals surface area contributed by atoms with E-state index in [1.54, 1.807) is 6.07 Å². The Morgan fingerprint density at radius 2 is 1.83 bits per heavy atom. The molecule has 2 heterocycles. The third kappa shape index (κ3) is 3.12. The molecule has 118 valence electrons. The lowest BCUT2D eigenvalue weighted by molar-refractivity contribution is 0.596. The third-order valence-electron chi connectivity index (χ3n) is 2.97. The molecular weight excluding hydrogens is 405 g/mol. The molecule has 0 atom stereocenters. The third-order valence-corrected chi connectivity index (χ3v) is 6.90. The van der Waals surface area contributed by atoms with Crippen LogP contribution in [-0.2, 0) is 9.84 Å². The van der Waals surface area contributed by atoms with E-state index in [9.17, 15) is 12.8 Å². The molecule has 0 aliphatic heterocycles. The second-order valence-electron chi connectivity index (χ2n) is 4.50. The number of halogens is 2. The van der Waals surface area contributed by atoms with Gasteiger partial charge in [-0.1, -0.05) is 0 Å². The van der Waals surface area contributed by atoms with Crippen molar-refractivity contribution in [3.63, 3.8) is 0 Å². The Labute approximate surface area is 144 Å². The molecule has 3 rings (SSSR count). The van der Waals surface area contributed by atoms with Gasteiger partial charge in [-0.3, -0.25) is 0 Å². The maximum Gasteiger partial charge on any atom is 0.220 e. The number of rotatable bonds is 3. The molecular formula is C14H9BrFN3O2S2. The van der Waals surface area contributed by atoms with Gasteiger partial charge in [0.25, 0.3) is 0 Å². The molecule has 0 saturated carbocycles. The van der Waals surface area contributed by atoms with Crippen molar-refractivity contribution in [3.05, 3.63) is 52.9 Å². The molecule has 0 bridgehead atoms. The molecule has 23 heavy (non-hydrogen) atoms. The second-order valence-corrected chi connectivity index (χ2v) is 8.62. The van der Waals surface area contributed by atoms with Crippen molar-refractivity contribution in [2.24, 2.45) is 0 Å². The predicted octanol–water partition coefficient (Wildman–Crippen LogP) is 3.52. The van der Waals surface area contributed by atoms with Crippen molar-refractivity contribution in [3.8, 4) is 10.6 Å². The first-order valence-electron chi connectivity index (χ1n) is 6.27. The van der Waals surface area contributed by atoms with E-state index in [4.69, 9.17) is 5.73 Å². The van der Waals surface area contributed by atoms with E-state index in [-0.39, 0.29) is 15.1 Å². The van der Waals surface area contributed by atoms with E-state index < -0.39 is 15.7 Å². The summed E-state index contributed by atoms with van der Waals surface area (Å²) in [5, 5.41) is 0. The van der Waals surface area contributed by atoms with Crippen LogP contribution in [0.4, 0.5) is 10.3 Å². The molecule has 0 unspecified atom stereocenters. The lowest BCUT2D eigenvalue weighted by Gasteiger charge is -2.02. The van der Waals surface area contributed by atoms with Crippen LogP contribution < -0.4 is 5.73 Å². The molecule has 0 fully saturated rings. The van der Waals surface area contributed by atoms with Crippen LogP contribution >= 0.6 is 27.3 Å². The first-order valence-corrected chi connectivity index (χ1v) is 9.36. The lowest BCUT2D eigenvalue weighted by atomic mass is 10.3. The fraction of sp³-hybridized carbons (Fsp3) is 0. The van der Waals surface area contributed by atoms with Crippen molar-refractivity contribution in [2.45, 2.75) is 9.10 Å². The molecule has 3 aromatic rings. The molecule has 0 spiro atoms. The van der Waals surface area contributed by atoms with Crippen LogP contribution in [0.15, 0.2) is 56.2 Å². The Bertz CT molecular complexity index is 972. The monoisotopic (exact) mass is 413 g/mol. The zero-order valence-electron chi connectivity index (χ0n) is 11.4. The Balaban J connectivity index is 2.05. The molecule has 0 saturated heterocycles. The number of hydrogen-bond donors (Lipinski definition) is 1. The minimum atomic E-state index is -3.70. The summed E-state index contributed by atoms with van der Waals surface area (Å²) in [7, 11) is -3.70. The van der Waals surface area contributed by atoms with Crippen molar-refractivity contribution in [1.29, 1.82) is 0 Å². The fourth-order valence-electron chi connectivity index (χ4n) is 1.88. The van der Waals surface area contributed by atoms with Crippen LogP contribution in [-0.4, -0.2) is 18.4 Å². The summed E-state index contributed by atoms with van der Waals surface area (Å²) in [4.78, 5) is 8.62.